The van der Waals surface area contributed by atoms with E-state index in [-0.39, 0.29) is 5.60 Å². The van der Waals surface area contributed by atoms with Gasteiger partial charge in [-0.3, -0.25) is 4.98 Å². The molecule has 0 atom stereocenters. The number of ether oxygens (including phenoxy) is 1. The number of rotatable bonds is 5. The fourth-order valence-electron chi connectivity index (χ4n) is 2.15. The molecule has 6 heteroatoms. The monoisotopic (exact) mass is 274 g/mol. The number of nitrogens with one attached hydrogen (secondary N) is 1. The number of hydrogen-bond donors (Lipinski definition) is 1. The molecule has 0 aliphatic carbocycles. The maximum atomic E-state index is 5.78. The van der Waals surface area contributed by atoms with Crippen molar-refractivity contribution in [1.82, 2.24) is 20.4 Å². The molecule has 0 spiro atoms. The normalized spacial score (nSPS) is 16.9. The number of aryl methyl sites for hydroxylation is 1. The summed E-state index contributed by atoms with van der Waals surface area (Å²) in [5.41, 5.74) is 1.77. The Kier molecular flexibility index (Phi) is 3.50. The van der Waals surface area contributed by atoms with Crippen LogP contribution in [0, 0.1) is 0 Å². The zero-order valence-electron chi connectivity index (χ0n) is 11.7. The zero-order chi connectivity index (χ0) is 14.0. The summed E-state index contributed by atoms with van der Waals surface area (Å²) in [6, 6.07) is 3.94. The molecule has 1 fully saturated rings. The maximum Gasteiger partial charge on any atom is 0.253 e. The Morgan fingerprint density at radius 1 is 1.45 bits per heavy atom. The van der Waals surface area contributed by atoms with Crippen LogP contribution in [0.5, 0.6) is 0 Å². The van der Waals surface area contributed by atoms with E-state index in [0.717, 1.165) is 30.8 Å². The second-order valence-corrected chi connectivity index (χ2v) is 5.22. The number of aromatic nitrogens is 3. The lowest BCUT2D eigenvalue weighted by Gasteiger charge is -2.38. The first kappa shape index (κ1) is 13.2. The summed E-state index contributed by atoms with van der Waals surface area (Å²) >= 11 is 0. The highest BCUT2D eigenvalue weighted by molar-refractivity contribution is 5.53. The first-order valence-electron chi connectivity index (χ1n) is 6.82. The zero-order valence-corrected chi connectivity index (χ0v) is 11.7. The molecule has 3 rings (SSSR count). The highest BCUT2D eigenvalue weighted by atomic mass is 16.5. The van der Waals surface area contributed by atoms with Gasteiger partial charge < -0.3 is 14.6 Å². The van der Waals surface area contributed by atoms with Crippen LogP contribution in [0.15, 0.2) is 22.9 Å². The highest BCUT2D eigenvalue weighted by Crippen LogP contribution is 2.21. The molecule has 2 aromatic rings. The van der Waals surface area contributed by atoms with Gasteiger partial charge in [0, 0.05) is 19.3 Å². The molecular weight excluding hydrogens is 256 g/mol. The molecule has 106 valence electrons. The van der Waals surface area contributed by atoms with Gasteiger partial charge in [0.15, 0.2) is 0 Å². The third kappa shape index (κ3) is 2.57. The summed E-state index contributed by atoms with van der Waals surface area (Å²) in [6.45, 7) is 6.19. The van der Waals surface area contributed by atoms with E-state index >= 15 is 0 Å². The van der Waals surface area contributed by atoms with Gasteiger partial charge in [0.25, 0.3) is 5.89 Å². The van der Waals surface area contributed by atoms with Gasteiger partial charge in [-0.1, -0.05) is 18.1 Å². The summed E-state index contributed by atoms with van der Waals surface area (Å²) in [5, 5.41) is 7.18. The Labute approximate surface area is 117 Å². The average molecular weight is 274 g/mol. The number of hydrogen-bond acceptors (Lipinski definition) is 6. The minimum absolute atomic E-state index is 0.117. The fourth-order valence-corrected chi connectivity index (χ4v) is 2.15. The van der Waals surface area contributed by atoms with Crippen LogP contribution in [0.25, 0.3) is 11.5 Å². The smallest absolute Gasteiger partial charge is 0.253 e. The summed E-state index contributed by atoms with van der Waals surface area (Å²) in [4.78, 5) is 8.70. The van der Waals surface area contributed by atoms with Crippen molar-refractivity contribution in [3.63, 3.8) is 0 Å². The molecule has 0 amide bonds. The molecule has 1 saturated heterocycles. The molecule has 6 nitrogen and oxygen atoms in total. The molecule has 3 heterocycles. The number of nitrogens with zero attached hydrogens (tertiary/aromatic N) is 3. The molecule has 2 aromatic heterocycles. The minimum atomic E-state index is -0.117. The Hall–Kier alpha value is -1.79. The van der Waals surface area contributed by atoms with Gasteiger partial charge in [0.1, 0.15) is 12.3 Å². The van der Waals surface area contributed by atoms with Crippen molar-refractivity contribution in [2.75, 3.05) is 13.1 Å². The average Bonchev–Trinajstić information content (AvgIpc) is 2.92. The topological polar surface area (TPSA) is 73.1 Å². The first-order valence-corrected chi connectivity index (χ1v) is 6.82. The Morgan fingerprint density at radius 2 is 2.30 bits per heavy atom. The van der Waals surface area contributed by atoms with Gasteiger partial charge >= 0.3 is 0 Å². The van der Waals surface area contributed by atoms with Crippen molar-refractivity contribution < 1.29 is 9.26 Å². The molecule has 0 aromatic carbocycles. The molecule has 1 aliphatic heterocycles. The van der Waals surface area contributed by atoms with E-state index in [1.807, 2.05) is 12.1 Å². The predicted molar refractivity (Wildman–Crippen MR) is 73.0 cm³/mol. The van der Waals surface area contributed by atoms with Crippen LogP contribution in [0.1, 0.15) is 25.3 Å². The maximum absolute atomic E-state index is 5.78. The van der Waals surface area contributed by atoms with Crippen LogP contribution in [-0.2, 0) is 17.8 Å². The second-order valence-electron chi connectivity index (χ2n) is 5.22. The highest BCUT2D eigenvalue weighted by Gasteiger charge is 2.33. The lowest BCUT2D eigenvalue weighted by molar-refractivity contribution is -0.0841. The van der Waals surface area contributed by atoms with Crippen molar-refractivity contribution in [3.8, 4) is 11.5 Å². The van der Waals surface area contributed by atoms with Gasteiger partial charge in [0.2, 0.25) is 5.82 Å². The molecule has 20 heavy (non-hydrogen) atoms. The van der Waals surface area contributed by atoms with Crippen LogP contribution in [0.2, 0.25) is 0 Å². The number of pyridine rings is 1. The Morgan fingerprint density at radius 3 is 3.00 bits per heavy atom. The van der Waals surface area contributed by atoms with Crippen molar-refractivity contribution >= 4 is 0 Å². The van der Waals surface area contributed by atoms with E-state index < -0.39 is 0 Å². The lowest BCUT2D eigenvalue weighted by Crippen LogP contribution is -2.58. The summed E-state index contributed by atoms with van der Waals surface area (Å²) < 4.78 is 11.0. The lowest BCUT2D eigenvalue weighted by atomic mass is 10.0. The van der Waals surface area contributed by atoms with Crippen LogP contribution in [0.4, 0.5) is 0 Å². The molecule has 1 N–H and O–H groups in total. The summed E-state index contributed by atoms with van der Waals surface area (Å²) in [6.07, 6.45) is 2.62. The quantitative estimate of drug-likeness (QED) is 0.892. The third-order valence-electron chi connectivity index (χ3n) is 3.49. The van der Waals surface area contributed by atoms with E-state index in [0.29, 0.717) is 18.3 Å². The van der Waals surface area contributed by atoms with Crippen molar-refractivity contribution in [3.05, 3.63) is 29.8 Å². The van der Waals surface area contributed by atoms with E-state index in [1.54, 1.807) is 6.20 Å². The summed E-state index contributed by atoms with van der Waals surface area (Å²) in [5.74, 6) is 1.01. The molecule has 0 bridgehead atoms. The van der Waals surface area contributed by atoms with Crippen LogP contribution < -0.4 is 5.32 Å². The van der Waals surface area contributed by atoms with Gasteiger partial charge in [-0.25, -0.2) is 0 Å². The minimum Gasteiger partial charge on any atom is -0.363 e. The largest absolute Gasteiger partial charge is 0.363 e. The van der Waals surface area contributed by atoms with E-state index in [9.17, 15) is 0 Å². The van der Waals surface area contributed by atoms with E-state index in [2.05, 4.69) is 34.3 Å². The SMILES string of the molecule is CCc1cccnc1-c1noc(COC2(C)CNC2)n1. The second kappa shape index (κ2) is 5.30. The van der Waals surface area contributed by atoms with Gasteiger partial charge in [0.05, 0.1) is 5.60 Å². The Balaban J connectivity index is 1.73. The fraction of sp³-hybridized carbons (Fsp3) is 0.500. The molecule has 1 aliphatic rings. The molecule has 0 radical (unpaired) electrons. The predicted octanol–water partition coefficient (Wildman–Crippen LogP) is 1.57. The van der Waals surface area contributed by atoms with Gasteiger partial charge in [-0.2, -0.15) is 4.98 Å². The van der Waals surface area contributed by atoms with E-state index in [1.165, 1.54) is 0 Å². The molecular formula is C14H18N4O2. The summed E-state index contributed by atoms with van der Waals surface area (Å²) in [7, 11) is 0. The van der Waals surface area contributed by atoms with E-state index in [4.69, 9.17) is 9.26 Å². The van der Waals surface area contributed by atoms with Crippen molar-refractivity contribution in [1.29, 1.82) is 0 Å². The standard InChI is InChI=1S/C14H18N4O2/c1-3-10-5-4-6-16-12(10)13-17-11(20-18-13)7-19-14(2)8-15-9-14/h4-6,15H,3,7-9H2,1-2H3. The van der Waals surface area contributed by atoms with Gasteiger partial charge in [-0.05, 0) is 25.0 Å². The van der Waals surface area contributed by atoms with Crippen LogP contribution in [0.3, 0.4) is 0 Å². The first-order chi connectivity index (χ1) is 9.70. The van der Waals surface area contributed by atoms with Crippen molar-refractivity contribution in [2.24, 2.45) is 0 Å². The molecule has 0 unspecified atom stereocenters. The Bertz CT molecular complexity index is 592. The molecule has 0 saturated carbocycles. The van der Waals surface area contributed by atoms with Gasteiger partial charge in [-0.15, -0.1) is 0 Å². The van der Waals surface area contributed by atoms with Crippen LogP contribution >= 0.6 is 0 Å². The third-order valence-corrected chi connectivity index (χ3v) is 3.49. The van der Waals surface area contributed by atoms with Crippen LogP contribution in [-0.4, -0.2) is 33.8 Å². The van der Waals surface area contributed by atoms with Crippen molar-refractivity contribution in [2.45, 2.75) is 32.5 Å².